The van der Waals surface area contributed by atoms with E-state index in [-0.39, 0.29) is 0 Å². The fraction of sp³-hybridized carbons (Fsp3) is 0.455. The highest BCUT2D eigenvalue weighted by atomic mass is 16.6. The van der Waals surface area contributed by atoms with E-state index in [4.69, 9.17) is 10.4 Å². The first-order valence-electron chi connectivity index (χ1n) is 5.95. The van der Waals surface area contributed by atoms with Crippen molar-refractivity contribution in [3.63, 3.8) is 0 Å². The molecule has 0 unspecified atom stereocenters. The average Bonchev–Trinajstić information content (AvgIpc) is 2.86. The zero-order valence-electron chi connectivity index (χ0n) is 10.3. The number of hydrazine groups is 1. The molecule has 7 nitrogen and oxygen atoms in total. The van der Waals surface area contributed by atoms with Crippen molar-refractivity contribution >= 4 is 22.4 Å². The van der Waals surface area contributed by atoms with Crippen LogP contribution in [-0.2, 0) is 0 Å². The Bertz CT molecular complexity index is 545. The molecule has 0 bridgehead atoms. The fourth-order valence-corrected chi connectivity index (χ4v) is 2.06. The molecule has 1 fully saturated rings. The van der Waals surface area contributed by atoms with Crippen molar-refractivity contribution in [3.05, 3.63) is 12.1 Å². The summed E-state index contributed by atoms with van der Waals surface area (Å²) in [7, 11) is 2.13. The summed E-state index contributed by atoms with van der Waals surface area (Å²) in [4.78, 5) is 2.30. The summed E-state index contributed by atoms with van der Waals surface area (Å²) in [5, 5.41) is 9.87. The van der Waals surface area contributed by atoms with E-state index >= 15 is 0 Å². The van der Waals surface area contributed by atoms with E-state index in [1.54, 1.807) is 0 Å². The van der Waals surface area contributed by atoms with Gasteiger partial charge in [-0.25, -0.2) is 9.64 Å². The number of nitrogens with one attached hydrogen (secondary N) is 1. The second kappa shape index (κ2) is 4.43. The van der Waals surface area contributed by atoms with Gasteiger partial charge in [0.05, 0.1) is 11.4 Å². The Morgan fingerprint density at radius 1 is 1.17 bits per heavy atom. The van der Waals surface area contributed by atoms with E-state index in [1.165, 1.54) is 0 Å². The van der Waals surface area contributed by atoms with Crippen LogP contribution < -0.4 is 11.2 Å². The monoisotopic (exact) mass is 248 g/mol. The number of likely N-dealkylation sites (N-methyl/N-ethyl adjacent to an activating group) is 1. The highest BCUT2D eigenvalue weighted by Gasteiger charge is 2.16. The van der Waals surface area contributed by atoms with Crippen LogP contribution in [0.3, 0.4) is 0 Å². The van der Waals surface area contributed by atoms with Crippen LogP contribution >= 0.6 is 0 Å². The molecule has 2 heterocycles. The quantitative estimate of drug-likeness (QED) is 0.743. The Morgan fingerprint density at radius 2 is 1.89 bits per heavy atom. The van der Waals surface area contributed by atoms with E-state index < -0.39 is 0 Å². The molecule has 18 heavy (non-hydrogen) atoms. The van der Waals surface area contributed by atoms with Gasteiger partial charge in [0, 0.05) is 26.2 Å². The van der Waals surface area contributed by atoms with E-state index in [9.17, 15) is 0 Å². The molecule has 0 spiro atoms. The molecular formula is C11H16N6O. The average molecular weight is 248 g/mol. The first-order valence-corrected chi connectivity index (χ1v) is 5.95. The Labute approximate surface area is 104 Å². The van der Waals surface area contributed by atoms with Crippen LogP contribution in [0, 0.1) is 0 Å². The first-order chi connectivity index (χ1) is 8.74. The second-order valence-corrected chi connectivity index (χ2v) is 4.57. The van der Waals surface area contributed by atoms with Crippen molar-refractivity contribution in [1.29, 1.82) is 0 Å². The first kappa shape index (κ1) is 11.2. The lowest BCUT2D eigenvalue weighted by Gasteiger charge is -2.33. The van der Waals surface area contributed by atoms with Gasteiger partial charge in [-0.15, -0.1) is 0 Å². The van der Waals surface area contributed by atoms with Crippen LogP contribution in [-0.4, -0.2) is 53.4 Å². The number of piperazine rings is 1. The molecule has 1 aliphatic rings. The van der Waals surface area contributed by atoms with Gasteiger partial charge >= 0.3 is 0 Å². The minimum atomic E-state index is 0.579. The Morgan fingerprint density at radius 3 is 2.67 bits per heavy atom. The molecule has 1 aromatic heterocycles. The fourth-order valence-electron chi connectivity index (χ4n) is 2.06. The number of hydrogen-bond acceptors (Lipinski definition) is 7. The molecule has 7 heteroatoms. The summed E-state index contributed by atoms with van der Waals surface area (Å²) in [6.45, 7) is 4.02. The molecule has 2 aromatic rings. The molecule has 3 rings (SSSR count). The van der Waals surface area contributed by atoms with Crippen LogP contribution in [0.4, 0.5) is 11.4 Å². The zero-order valence-corrected chi connectivity index (χ0v) is 10.3. The van der Waals surface area contributed by atoms with Gasteiger partial charge in [-0.1, -0.05) is 0 Å². The minimum Gasteiger partial charge on any atom is -0.397 e. The molecule has 0 atom stereocenters. The predicted octanol–water partition coefficient (Wildman–Crippen LogP) is 0.379. The topological polar surface area (TPSA) is 83.5 Å². The second-order valence-electron chi connectivity index (χ2n) is 4.57. The largest absolute Gasteiger partial charge is 0.397 e. The third kappa shape index (κ3) is 1.98. The standard InChI is InChI=1S/C11H16N6O/c1-16-4-6-17(7-5-16)13-9-3-2-8(12)10-11(9)15-18-14-10/h2-3,13H,4-7,12H2,1H3. The van der Waals surface area contributed by atoms with Gasteiger partial charge in [0.1, 0.15) is 0 Å². The van der Waals surface area contributed by atoms with Gasteiger partial charge in [-0.2, -0.15) is 0 Å². The predicted molar refractivity (Wildman–Crippen MR) is 68.9 cm³/mol. The number of anilines is 2. The van der Waals surface area contributed by atoms with Gasteiger partial charge in [0.25, 0.3) is 0 Å². The van der Waals surface area contributed by atoms with Gasteiger partial charge in [-0.05, 0) is 29.5 Å². The lowest BCUT2D eigenvalue weighted by atomic mass is 10.2. The number of hydrogen-bond donors (Lipinski definition) is 2. The molecule has 0 radical (unpaired) electrons. The van der Waals surface area contributed by atoms with Crippen LogP contribution in [0.5, 0.6) is 0 Å². The molecular weight excluding hydrogens is 232 g/mol. The van der Waals surface area contributed by atoms with Crippen molar-refractivity contribution in [2.45, 2.75) is 0 Å². The normalized spacial score (nSPS) is 18.3. The maximum Gasteiger partial charge on any atom is 0.161 e. The van der Waals surface area contributed by atoms with Gasteiger partial charge in [0.2, 0.25) is 0 Å². The summed E-state index contributed by atoms with van der Waals surface area (Å²) in [6, 6.07) is 3.71. The van der Waals surface area contributed by atoms with Gasteiger partial charge in [-0.3, -0.25) is 0 Å². The van der Waals surface area contributed by atoms with Gasteiger partial charge < -0.3 is 16.1 Å². The number of nitrogens with two attached hydrogens (primary N) is 1. The van der Waals surface area contributed by atoms with E-state index in [0.29, 0.717) is 16.7 Å². The molecule has 96 valence electrons. The maximum absolute atomic E-state index is 5.81. The third-order valence-electron chi connectivity index (χ3n) is 3.23. The maximum atomic E-state index is 5.81. The number of nitrogens with zero attached hydrogens (tertiary/aromatic N) is 4. The molecule has 1 aliphatic heterocycles. The minimum absolute atomic E-state index is 0.579. The van der Waals surface area contributed by atoms with E-state index in [2.05, 4.69) is 32.7 Å². The smallest absolute Gasteiger partial charge is 0.161 e. The molecule has 0 amide bonds. The molecule has 3 N–H and O–H groups in total. The Balaban J connectivity index is 1.82. The van der Waals surface area contributed by atoms with Crippen LogP contribution in [0.25, 0.3) is 11.0 Å². The van der Waals surface area contributed by atoms with Crippen LogP contribution in [0.2, 0.25) is 0 Å². The molecule has 0 saturated carbocycles. The highest BCUT2D eigenvalue weighted by molar-refractivity contribution is 5.94. The summed E-state index contributed by atoms with van der Waals surface area (Å²) in [6.07, 6.45) is 0. The molecule has 1 saturated heterocycles. The number of nitrogen functional groups attached to an aromatic ring is 1. The lowest BCUT2D eigenvalue weighted by Crippen LogP contribution is -2.46. The van der Waals surface area contributed by atoms with E-state index in [1.807, 2.05) is 12.1 Å². The van der Waals surface area contributed by atoms with Crippen molar-refractivity contribution < 1.29 is 4.63 Å². The van der Waals surface area contributed by atoms with Crippen molar-refractivity contribution in [3.8, 4) is 0 Å². The van der Waals surface area contributed by atoms with Gasteiger partial charge in [0.15, 0.2) is 11.0 Å². The zero-order chi connectivity index (χ0) is 12.5. The SMILES string of the molecule is CN1CCN(Nc2ccc(N)c3nonc23)CC1. The summed E-state index contributed by atoms with van der Waals surface area (Å²) in [5.41, 5.74) is 11.9. The number of fused-ring (bicyclic) bond motifs is 1. The van der Waals surface area contributed by atoms with Crippen molar-refractivity contribution in [1.82, 2.24) is 20.2 Å². The summed E-state index contributed by atoms with van der Waals surface area (Å²) < 4.78 is 4.75. The number of rotatable bonds is 2. The van der Waals surface area contributed by atoms with Crippen LogP contribution in [0.1, 0.15) is 0 Å². The number of aromatic nitrogens is 2. The molecule has 1 aromatic carbocycles. The summed E-state index contributed by atoms with van der Waals surface area (Å²) >= 11 is 0. The Kier molecular flexibility index (Phi) is 2.77. The number of benzene rings is 1. The third-order valence-corrected chi connectivity index (χ3v) is 3.23. The Hall–Kier alpha value is -1.86. The van der Waals surface area contributed by atoms with Crippen LogP contribution in [0.15, 0.2) is 16.8 Å². The van der Waals surface area contributed by atoms with E-state index in [0.717, 1.165) is 31.9 Å². The lowest BCUT2D eigenvalue weighted by molar-refractivity contribution is 0.179. The van der Waals surface area contributed by atoms with Crippen molar-refractivity contribution in [2.24, 2.45) is 0 Å². The molecule has 0 aliphatic carbocycles. The van der Waals surface area contributed by atoms with Crippen molar-refractivity contribution in [2.75, 3.05) is 44.4 Å². The summed E-state index contributed by atoms with van der Waals surface area (Å²) in [5.74, 6) is 0. The highest BCUT2D eigenvalue weighted by Crippen LogP contribution is 2.25.